The molecule has 1 N–H and O–H groups in total. The van der Waals surface area contributed by atoms with E-state index >= 15 is 0 Å². The second-order valence-electron chi connectivity index (χ2n) is 3.48. The molecule has 2 heterocycles. The van der Waals surface area contributed by atoms with Gasteiger partial charge in [0.15, 0.2) is 0 Å². The van der Waals surface area contributed by atoms with E-state index in [1.54, 1.807) is 4.90 Å². The van der Waals surface area contributed by atoms with Crippen LogP contribution in [0, 0.1) is 7.05 Å². The Morgan fingerprint density at radius 1 is 1.00 bits per heavy atom. The summed E-state index contributed by atoms with van der Waals surface area (Å²) in [5.74, 6) is 0. The molecule has 0 aromatic carbocycles. The molecule has 0 spiro atoms. The second-order valence-corrected chi connectivity index (χ2v) is 3.48. The van der Waals surface area contributed by atoms with Gasteiger partial charge in [0.1, 0.15) is 0 Å². The third kappa shape index (κ3) is 0.787. The number of hydrogen-bond donors (Lipinski definition) is 1. The fourth-order valence-corrected chi connectivity index (χ4v) is 2.38. The fourth-order valence-electron chi connectivity index (χ4n) is 2.38. The van der Waals surface area contributed by atoms with E-state index in [0.29, 0.717) is 0 Å². The molecule has 2 aliphatic rings. The maximum absolute atomic E-state index is 4.14. The summed E-state index contributed by atoms with van der Waals surface area (Å²) in [6, 6.07) is 1.87. The SMILES string of the molecule is [CH2-][NH+]1C2CCCC1CC2. The molecule has 2 aliphatic heterocycles. The van der Waals surface area contributed by atoms with E-state index < -0.39 is 0 Å². The van der Waals surface area contributed by atoms with Gasteiger partial charge >= 0.3 is 0 Å². The molecule has 0 saturated carbocycles. The molecular formula is C8H15N. The Balaban J connectivity index is 2.10. The summed E-state index contributed by atoms with van der Waals surface area (Å²) in [7, 11) is 4.14. The Morgan fingerprint density at radius 2 is 1.56 bits per heavy atom. The van der Waals surface area contributed by atoms with Gasteiger partial charge in [-0.05, 0) is 19.3 Å². The summed E-state index contributed by atoms with van der Waals surface area (Å²) < 4.78 is 0. The molecule has 0 aromatic rings. The van der Waals surface area contributed by atoms with Gasteiger partial charge in [0.25, 0.3) is 0 Å². The van der Waals surface area contributed by atoms with Crippen molar-refractivity contribution in [2.24, 2.45) is 0 Å². The maximum atomic E-state index is 4.14. The Bertz CT molecular complexity index is 95.1. The van der Waals surface area contributed by atoms with Crippen LogP contribution in [0.4, 0.5) is 0 Å². The van der Waals surface area contributed by atoms with Crippen LogP contribution in [0.3, 0.4) is 0 Å². The highest BCUT2D eigenvalue weighted by atomic mass is 15.2. The maximum Gasteiger partial charge on any atom is 0.0639 e. The van der Waals surface area contributed by atoms with E-state index in [-0.39, 0.29) is 0 Å². The van der Waals surface area contributed by atoms with Crippen LogP contribution in [0.5, 0.6) is 0 Å². The van der Waals surface area contributed by atoms with Gasteiger partial charge in [-0.3, -0.25) is 0 Å². The predicted octanol–water partition coefficient (Wildman–Crippen LogP) is 0.378. The first-order valence-electron chi connectivity index (χ1n) is 4.06. The molecule has 1 heteroatoms. The van der Waals surface area contributed by atoms with Crippen molar-refractivity contribution in [3.63, 3.8) is 0 Å². The molecule has 0 radical (unpaired) electrons. The predicted molar refractivity (Wildman–Crippen MR) is 37.0 cm³/mol. The molecule has 1 nitrogen and oxygen atoms in total. The largest absolute Gasteiger partial charge is 0.463 e. The molecule has 2 saturated heterocycles. The van der Waals surface area contributed by atoms with E-state index in [1.165, 1.54) is 32.1 Å². The lowest BCUT2D eigenvalue weighted by atomic mass is 10.0. The third-order valence-electron chi connectivity index (χ3n) is 3.02. The third-order valence-corrected chi connectivity index (χ3v) is 3.02. The standard InChI is InChI=1S/C8H15N/c1-9-7-3-2-4-8(9)6-5-7/h7-9H,1-6H2. The number of nitrogens with one attached hydrogen (secondary N) is 1. The fraction of sp³-hybridized carbons (Fsp3) is 0.875. The highest BCUT2D eigenvalue weighted by Gasteiger charge is 2.33. The van der Waals surface area contributed by atoms with Crippen molar-refractivity contribution in [1.82, 2.24) is 0 Å². The molecule has 0 aliphatic carbocycles. The van der Waals surface area contributed by atoms with Crippen molar-refractivity contribution < 1.29 is 4.90 Å². The molecule has 2 rings (SSSR count). The summed E-state index contributed by atoms with van der Waals surface area (Å²) in [6.07, 6.45) is 7.24. The first-order valence-corrected chi connectivity index (χ1v) is 4.06. The lowest BCUT2D eigenvalue weighted by Crippen LogP contribution is -3.13. The Labute approximate surface area is 57.0 Å². The summed E-state index contributed by atoms with van der Waals surface area (Å²) in [4.78, 5) is 1.58. The van der Waals surface area contributed by atoms with Gasteiger partial charge < -0.3 is 4.90 Å². The average Bonchev–Trinajstić information content (AvgIpc) is 2.19. The Hall–Kier alpha value is -0.0400. The molecule has 2 bridgehead atoms. The molecule has 52 valence electrons. The van der Waals surface area contributed by atoms with Crippen LogP contribution < -0.4 is 4.90 Å². The Kier molecular flexibility index (Phi) is 1.26. The van der Waals surface area contributed by atoms with E-state index in [2.05, 4.69) is 7.05 Å². The van der Waals surface area contributed by atoms with Gasteiger partial charge in [0, 0.05) is 12.8 Å². The van der Waals surface area contributed by atoms with Crippen LogP contribution in [0.15, 0.2) is 0 Å². The van der Waals surface area contributed by atoms with Crippen LogP contribution in [0.1, 0.15) is 32.1 Å². The minimum absolute atomic E-state index is 0.934. The van der Waals surface area contributed by atoms with Crippen LogP contribution in [0.25, 0.3) is 0 Å². The quantitative estimate of drug-likeness (QED) is 0.446. The zero-order chi connectivity index (χ0) is 6.27. The minimum Gasteiger partial charge on any atom is -0.463 e. The van der Waals surface area contributed by atoms with Crippen LogP contribution in [0.2, 0.25) is 0 Å². The van der Waals surface area contributed by atoms with Gasteiger partial charge in [-0.25, -0.2) is 0 Å². The number of rotatable bonds is 0. The van der Waals surface area contributed by atoms with E-state index in [4.69, 9.17) is 0 Å². The van der Waals surface area contributed by atoms with Crippen molar-refractivity contribution in [2.45, 2.75) is 44.2 Å². The smallest absolute Gasteiger partial charge is 0.0639 e. The van der Waals surface area contributed by atoms with E-state index in [0.717, 1.165) is 12.1 Å². The van der Waals surface area contributed by atoms with E-state index in [9.17, 15) is 0 Å². The molecule has 2 fully saturated rings. The first-order chi connectivity index (χ1) is 4.38. The zero-order valence-corrected chi connectivity index (χ0v) is 5.90. The molecule has 9 heavy (non-hydrogen) atoms. The van der Waals surface area contributed by atoms with Crippen molar-refractivity contribution in [1.29, 1.82) is 0 Å². The summed E-state index contributed by atoms with van der Waals surface area (Å²) in [5, 5.41) is 0. The lowest BCUT2D eigenvalue weighted by Gasteiger charge is -2.33. The second kappa shape index (κ2) is 1.98. The van der Waals surface area contributed by atoms with Crippen LogP contribution in [-0.2, 0) is 0 Å². The van der Waals surface area contributed by atoms with Gasteiger partial charge in [0.05, 0.1) is 12.1 Å². The highest BCUT2D eigenvalue weighted by molar-refractivity contribution is 4.76. The topological polar surface area (TPSA) is 4.44 Å². The lowest BCUT2D eigenvalue weighted by molar-refractivity contribution is -0.897. The van der Waals surface area contributed by atoms with E-state index in [1.807, 2.05) is 0 Å². The van der Waals surface area contributed by atoms with Crippen molar-refractivity contribution in [3.8, 4) is 0 Å². The van der Waals surface area contributed by atoms with Crippen molar-refractivity contribution in [2.75, 3.05) is 0 Å². The number of piperidine rings is 1. The van der Waals surface area contributed by atoms with Crippen LogP contribution >= 0.6 is 0 Å². The summed E-state index contributed by atoms with van der Waals surface area (Å²) in [6.45, 7) is 0. The number of hydrogen-bond acceptors (Lipinski definition) is 0. The van der Waals surface area contributed by atoms with Crippen molar-refractivity contribution in [3.05, 3.63) is 7.05 Å². The van der Waals surface area contributed by atoms with Crippen molar-refractivity contribution >= 4 is 0 Å². The normalized spacial score (nSPS) is 49.7. The highest BCUT2D eigenvalue weighted by Crippen LogP contribution is 2.21. The average molecular weight is 125 g/mol. The zero-order valence-electron chi connectivity index (χ0n) is 5.90. The molecule has 0 aromatic heterocycles. The summed E-state index contributed by atoms with van der Waals surface area (Å²) >= 11 is 0. The number of fused-ring (bicyclic) bond motifs is 2. The minimum atomic E-state index is 0.934. The first kappa shape index (κ1) is 5.72. The molecule has 2 unspecified atom stereocenters. The van der Waals surface area contributed by atoms with Gasteiger partial charge in [-0.1, -0.05) is 0 Å². The van der Waals surface area contributed by atoms with Crippen LogP contribution in [-0.4, -0.2) is 12.1 Å². The van der Waals surface area contributed by atoms with Gasteiger partial charge in [-0.2, -0.15) is 7.05 Å². The monoisotopic (exact) mass is 125 g/mol. The molecular weight excluding hydrogens is 110 g/mol. The Morgan fingerprint density at radius 3 is 2.00 bits per heavy atom. The molecule has 2 atom stereocenters. The molecule has 0 amide bonds. The number of quaternary nitrogens is 1. The van der Waals surface area contributed by atoms with Gasteiger partial charge in [-0.15, -0.1) is 0 Å². The summed E-state index contributed by atoms with van der Waals surface area (Å²) in [5.41, 5.74) is 0. The van der Waals surface area contributed by atoms with Gasteiger partial charge in [0.2, 0.25) is 0 Å².